The Balaban J connectivity index is 1.93. The van der Waals surface area contributed by atoms with Crippen molar-refractivity contribution in [2.24, 2.45) is 0 Å². The third kappa shape index (κ3) is 2.71. The zero-order valence-corrected chi connectivity index (χ0v) is 13.4. The highest BCUT2D eigenvalue weighted by Gasteiger charge is 2.16. The van der Waals surface area contributed by atoms with Gasteiger partial charge in [-0.25, -0.2) is 0 Å². The van der Waals surface area contributed by atoms with Crippen LogP contribution in [0.2, 0.25) is 0 Å². The molecule has 1 amide bonds. The fourth-order valence-corrected chi connectivity index (χ4v) is 3.28. The fourth-order valence-electron chi connectivity index (χ4n) is 2.40. The van der Waals surface area contributed by atoms with Crippen molar-refractivity contribution in [1.29, 1.82) is 0 Å². The Bertz CT molecular complexity index is 761. The van der Waals surface area contributed by atoms with Gasteiger partial charge in [-0.15, -0.1) is 10.2 Å². The van der Waals surface area contributed by atoms with E-state index in [9.17, 15) is 4.79 Å². The molecule has 2 aromatic heterocycles. The number of aromatic nitrogens is 4. The molecule has 0 spiro atoms. The quantitative estimate of drug-likeness (QED) is 0.724. The summed E-state index contributed by atoms with van der Waals surface area (Å²) < 4.78 is 1.66. The Morgan fingerprint density at radius 3 is 2.77 bits per heavy atom. The predicted molar refractivity (Wildman–Crippen MR) is 85.7 cm³/mol. The minimum absolute atomic E-state index is 0.139. The summed E-state index contributed by atoms with van der Waals surface area (Å²) >= 11 is 1.47. The van der Waals surface area contributed by atoms with Crippen molar-refractivity contribution in [2.45, 2.75) is 20.3 Å². The number of fused-ring (bicyclic) bond motifs is 1. The van der Waals surface area contributed by atoms with Crippen LogP contribution in [-0.4, -0.2) is 43.7 Å². The van der Waals surface area contributed by atoms with E-state index < -0.39 is 0 Å². The molecule has 0 saturated carbocycles. The molecule has 1 aromatic carbocycles. The van der Waals surface area contributed by atoms with Crippen LogP contribution in [0.15, 0.2) is 30.6 Å². The first-order valence-electron chi connectivity index (χ1n) is 7.25. The smallest absolute Gasteiger partial charge is 0.234 e. The molecule has 0 saturated heterocycles. The Morgan fingerprint density at radius 2 is 2.05 bits per heavy atom. The molecule has 3 aromatic rings. The highest BCUT2D eigenvalue weighted by molar-refractivity contribution is 7.19. The highest BCUT2D eigenvalue weighted by Crippen LogP contribution is 2.28. The summed E-state index contributed by atoms with van der Waals surface area (Å²) in [6.07, 6.45) is 1.97. The standard InChI is InChI=1S/C15H17N5OS/c1-3-19(4-2)13(21)9-11-7-5-6-8-12(11)14-18-20-10-16-17-15(20)22-14/h5-8,10H,3-4,9H2,1-2H3. The lowest BCUT2D eigenvalue weighted by atomic mass is 10.0. The Morgan fingerprint density at radius 1 is 1.27 bits per heavy atom. The maximum atomic E-state index is 12.4. The third-order valence-electron chi connectivity index (χ3n) is 3.59. The number of hydrogen-bond acceptors (Lipinski definition) is 5. The SMILES string of the molecule is CCN(CC)C(=O)Cc1ccccc1-c1nn2cnnc2s1. The first-order chi connectivity index (χ1) is 10.7. The summed E-state index contributed by atoms with van der Waals surface area (Å²) in [6.45, 7) is 5.45. The molecule has 7 heteroatoms. The van der Waals surface area contributed by atoms with Crippen LogP contribution in [0.4, 0.5) is 0 Å². The van der Waals surface area contributed by atoms with Gasteiger partial charge in [0.05, 0.1) is 6.42 Å². The maximum Gasteiger partial charge on any atom is 0.234 e. The molecule has 0 aliphatic heterocycles. The van der Waals surface area contributed by atoms with Crippen LogP contribution in [0.25, 0.3) is 15.5 Å². The van der Waals surface area contributed by atoms with E-state index in [1.807, 2.05) is 43.0 Å². The van der Waals surface area contributed by atoms with Gasteiger partial charge >= 0.3 is 0 Å². The molecule has 2 heterocycles. The van der Waals surface area contributed by atoms with Crippen molar-refractivity contribution >= 4 is 22.2 Å². The minimum Gasteiger partial charge on any atom is -0.343 e. The average molecular weight is 315 g/mol. The largest absolute Gasteiger partial charge is 0.343 e. The zero-order valence-electron chi connectivity index (χ0n) is 12.6. The van der Waals surface area contributed by atoms with Gasteiger partial charge in [-0.1, -0.05) is 35.6 Å². The molecule has 22 heavy (non-hydrogen) atoms. The predicted octanol–water partition coefficient (Wildman–Crippen LogP) is 2.26. The summed E-state index contributed by atoms with van der Waals surface area (Å²) in [5, 5.41) is 13.2. The second kappa shape index (κ2) is 6.23. The van der Waals surface area contributed by atoms with Crippen LogP contribution >= 0.6 is 11.3 Å². The number of benzene rings is 1. The molecule has 6 nitrogen and oxygen atoms in total. The fraction of sp³-hybridized carbons (Fsp3) is 0.333. The Labute approximate surface area is 132 Å². The monoisotopic (exact) mass is 315 g/mol. The second-order valence-electron chi connectivity index (χ2n) is 4.87. The molecule has 114 valence electrons. The zero-order chi connectivity index (χ0) is 15.5. The van der Waals surface area contributed by atoms with Crippen molar-refractivity contribution in [2.75, 3.05) is 13.1 Å². The van der Waals surface area contributed by atoms with Crippen molar-refractivity contribution in [3.05, 3.63) is 36.2 Å². The normalized spacial score (nSPS) is 11.0. The highest BCUT2D eigenvalue weighted by atomic mass is 32.1. The van der Waals surface area contributed by atoms with Gasteiger partial charge in [-0.2, -0.15) is 9.61 Å². The molecule has 0 atom stereocenters. The van der Waals surface area contributed by atoms with E-state index in [1.54, 1.807) is 10.8 Å². The van der Waals surface area contributed by atoms with Crippen molar-refractivity contribution < 1.29 is 4.79 Å². The summed E-state index contributed by atoms with van der Waals surface area (Å²) in [5.74, 6) is 0.139. The third-order valence-corrected chi connectivity index (χ3v) is 4.54. The second-order valence-corrected chi connectivity index (χ2v) is 5.82. The molecule has 0 fully saturated rings. The van der Waals surface area contributed by atoms with E-state index in [0.29, 0.717) is 6.42 Å². The van der Waals surface area contributed by atoms with Crippen LogP contribution in [0.3, 0.4) is 0 Å². The van der Waals surface area contributed by atoms with Gasteiger partial charge in [0, 0.05) is 18.7 Å². The molecule has 0 radical (unpaired) electrons. The van der Waals surface area contributed by atoms with Gasteiger partial charge in [-0.3, -0.25) is 4.79 Å². The average Bonchev–Trinajstić information content (AvgIpc) is 3.10. The summed E-state index contributed by atoms with van der Waals surface area (Å²) in [5.41, 5.74) is 1.97. The molecular weight excluding hydrogens is 298 g/mol. The lowest BCUT2D eigenvalue weighted by molar-refractivity contribution is -0.130. The number of hydrogen-bond donors (Lipinski definition) is 0. The van der Waals surface area contributed by atoms with Gasteiger partial charge < -0.3 is 4.90 Å². The molecule has 0 aliphatic carbocycles. The molecule has 0 aliphatic rings. The first-order valence-corrected chi connectivity index (χ1v) is 8.07. The molecule has 0 unspecified atom stereocenters. The summed E-state index contributed by atoms with van der Waals surface area (Å²) in [6, 6.07) is 7.90. The van der Waals surface area contributed by atoms with Crippen LogP contribution in [0.5, 0.6) is 0 Å². The van der Waals surface area contributed by atoms with E-state index in [2.05, 4.69) is 15.3 Å². The number of amides is 1. The van der Waals surface area contributed by atoms with Gasteiger partial charge in [-0.05, 0) is 19.4 Å². The van der Waals surface area contributed by atoms with Crippen molar-refractivity contribution in [3.63, 3.8) is 0 Å². The number of likely N-dealkylation sites (N-methyl/N-ethyl adjacent to an activating group) is 1. The lowest BCUT2D eigenvalue weighted by Gasteiger charge is -2.19. The van der Waals surface area contributed by atoms with E-state index in [4.69, 9.17) is 0 Å². The topological polar surface area (TPSA) is 63.4 Å². The maximum absolute atomic E-state index is 12.4. The van der Waals surface area contributed by atoms with E-state index in [0.717, 1.165) is 34.2 Å². The number of rotatable bonds is 5. The number of carbonyl (C=O) groups is 1. The van der Waals surface area contributed by atoms with Gasteiger partial charge in [0.25, 0.3) is 0 Å². The summed E-state index contributed by atoms with van der Waals surface area (Å²) in [7, 11) is 0. The van der Waals surface area contributed by atoms with Crippen molar-refractivity contribution in [3.8, 4) is 10.6 Å². The molecule has 0 bridgehead atoms. The first kappa shape index (κ1) is 14.6. The van der Waals surface area contributed by atoms with Crippen LogP contribution in [0.1, 0.15) is 19.4 Å². The van der Waals surface area contributed by atoms with E-state index >= 15 is 0 Å². The molecular formula is C15H17N5OS. The molecule has 3 rings (SSSR count). The minimum atomic E-state index is 0.139. The number of nitrogens with zero attached hydrogens (tertiary/aromatic N) is 5. The number of carbonyl (C=O) groups excluding carboxylic acids is 1. The van der Waals surface area contributed by atoms with E-state index in [1.165, 1.54) is 11.3 Å². The Hall–Kier alpha value is -2.28. The van der Waals surface area contributed by atoms with Crippen molar-refractivity contribution in [1.82, 2.24) is 24.7 Å². The van der Waals surface area contributed by atoms with E-state index in [-0.39, 0.29) is 5.91 Å². The van der Waals surface area contributed by atoms with Gasteiger partial charge in [0.2, 0.25) is 10.9 Å². The molecule has 0 N–H and O–H groups in total. The van der Waals surface area contributed by atoms with Gasteiger partial charge in [0.1, 0.15) is 11.3 Å². The van der Waals surface area contributed by atoms with Crippen LogP contribution in [-0.2, 0) is 11.2 Å². The lowest BCUT2D eigenvalue weighted by Crippen LogP contribution is -2.31. The Kier molecular flexibility index (Phi) is 4.15. The summed E-state index contributed by atoms with van der Waals surface area (Å²) in [4.78, 5) is 15.0. The van der Waals surface area contributed by atoms with Crippen LogP contribution in [0, 0.1) is 0 Å². The van der Waals surface area contributed by atoms with Gasteiger partial charge in [0.15, 0.2) is 0 Å². The van der Waals surface area contributed by atoms with Crippen LogP contribution < -0.4 is 0 Å².